The van der Waals surface area contributed by atoms with E-state index >= 15 is 0 Å². The lowest BCUT2D eigenvalue weighted by molar-refractivity contribution is -0.131. The Labute approximate surface area is 135 Å². The Morgan fingerprint density at radius 1 is 1.09 bits per heavy atom. The zero-order valence-corrected chi connectivity index (χ0v) is 13.0. The second-order valence-corrected chi connectivity index (χ2v) is 4.84. The molecule has 0 saturated carbocycles. The minimum Gasteiger partial charge on any atom is -0.496 e. The van der Waals surface area contributed by atoms with E-state index in [4.69, 9.17) is 9.47 Å². The molecule has 23 heavy (non-hydrogen) atoms. The van der Waals surface area contributed by atoms with Gasteiger partial charge in [-0.2, -0.15) is 5.26 Å². The highest BCUT2D eigenvalue weighted by molar-refractivity contribution is 5.83. The largest absolute Gasteiger partial charge is 0.496 e. The number of amides is 1. The van der Waals surface area contributed by atoms with Gasteiger partial charge in [-0.05, 0) is 11.6 Å². The van der Waals surface area contributed by atoms with Gasteiger partial charge >= 0.3 is 0 Å². The Morgan fingerprint density at radius 2 is 1.74 bits per heavy atom. The van der Waals surface area contributed by atoms with Crippen LogP contribution in [0, 0.1) is 11.3 Å². The van der Waals surface area contributed by atoms with Gasteiger partial charge in [0.25, 0.3) is 5.91 Å². The van der Waals surface area contributed by atoms with Crippen LogP contribution >= 0.6 is 0 Å². The van der Waals surface area contributed by atoms with Crippen LogP contribution in [0.1, 0.15) is 23.3 Å². The summed E-state index contributed by atoms with van der Waals surface area (Å²) >= 11 is 0. The fraction of sp³-hybridized carbons (Fsp3) is 0.222. The summed E-state index contributed by atoms with van der Waals surface area (Å²) < 4.78 is 10.5. The lowest BCUT2D eigenvalue weighted by Gasteiger charge is -2.19. The predicted molar refractivity (Wildman–Crippen MR) is 85.7 cm³/mol. The molecule has 0 bridgehead atoms. The first kappa shape index (κ1) is 16.5. The lowest BCUT2D eigenvalue weighted by atomic mass is 10.0. The summed E-state index contributed by atoms with van der Waals surface area (Å²) in [7, 11) is 2.98. The number of ether oxygens (including phenoxy) is 2. The van der Waals surface area contributed by atoms with Crippen molar-refractivity contribution in [1.82, 2.24) is 5.32 Å². The van der Waals surface area contributed by atoms with Crippen LogP contribution in [0.4, 0.5) is 0 Å². The minimum absolute atomic E-state index is 0.379. The van der Waals surface area contributed by atoms with E-state index < -0.39 is 12.1 Å². The third-order valence-electron chi connectivity index (χ3n) is 3.44. The zero-order valence-electron chi connectivity index (χ0n) is 13.0. The third-order valence-corrected chi connectivity index (χ3v) is 3.44. The van der Waals surface area contributed by atoms with Gasteiger partial charge in [0.1, 0.15) is 11.8 Å². The number of para-hydroxylation sites is 1. The average molecular weight is 310 g/mol. The van der Waals surface area contributed by atoms with Crippen molar-refractivity contribution in [2.45, 2.75) is 12.1 Å². The van der Waals surface area contributed by atoms with E-state index in [9.17, 15) is 10.1 Å². The molecule has 2 aromatic carbocycles. The summed E-state index contributed by atoms with van der Waals surface area (Å²) in [6.45, 7) is 0. The van der Waals surface area contributed by atoms with Crippen LogP contribution in [0.15, 0.2) is 54.6 Å². The summed E-state index contributed by atoms with van der Waals surface area (Å²) in [5.74, 6) is 0.171. The fourth-order valence-electron chi connectivity index (χ4n) is 2.32. The molecule has 0 aliphatic rings. The Hall–Kier alpha value is -2.84. The molecular weight excluding hydrogens is 292 g/mol. The van der Waals surface area contributed by atoms with Crippen LogP contribution in [-0.4, -0.2) is 20.1 Å². The normalized spacial score (nSPS) is 12.7. The number of nitrogens with one attached hydrogen (secondary N) is 1. The minimum atomic E-state index is -0.819. The fourth-order valence-corrected chi connectivity index (χ4v) is 2.32. The predicted octanol–water partition coefficient (Wildman–Crippen LogP) is 2.76. The summed E-state index contributed by atoms with van der Waals surface area (Å²) in [6.07, 6.45) is -0.776. The molecule has 0 heterocycles. The van der Waals surface area contributed by atoms with Crippen LogP contribution in [0.25, 0.3) is 0 Å². The second-order valence-electron chi connectivity index (χ2n) is 4.84. The third kappa shape index (κ3) is 3.87. The highest BCUT2D eigenvalue weighted by atomic mass is 16.5. The number of hydrogen-bond donors (Lipinski definition) is 1. The average Bonchev–Trinajstić information content (AvgIpc) is 2.61. The second kappa shape index (κ2) is 7.97. The molecule has 0 fully saturated rings. The SMILES string of the molecule is COc1ccccc1[C@@H](C#N)NC(=O)[C@@H](OC)c1ccccc1. The van der Waals surface area contributed by atoms with Gasteiger partial charge in [-0.25, -0.2) is 0 Å². The number of carbonyl (C=O) groups excluding carboxylic acids is 1. The number of hydrogen-bond acceptors (Lipinski definition) is 4. The number of nitriles is 1. The Morgan fingerprint density at radius 3 is 2.35 bits per heavy atom. The summed E-state index contributed by atoms with van der Waals surface area (Å²) in [6, 6.07) is 17.5. The van der Waals surface area contributed by atoms with Gasteiger partial charge in [0.2, 0.25) is 0 Å². The molecule has 1 amide bonds. The van der Waals surface area contributed by atoms with Gasteiger partial charge < -0.3 is 14.8 Å². The first-order valence-corrected chi connectivity index (χ1v) is 7.12. The molecule has 2 rings (SSSR count). The van der Waals surface area contributed by atoms with Gasteiger partial charge in [0.05, 0.1) is 13.2 Å². The van der Waals surface area contributed by atoms with E-state index in [1.165, 1.54) is 14.2 Å². The molecule has 0 aromatic heterocycles. The van der Waals surface area contributed by atoms with E-state index in [0.717, 1.165) is 5.56 Å². The standard InChI is InChI=1S/C18H18N2O3/c1-22-16-11-7-6-10-14(16)15(12-19)20-18(21)17(23-2)13-8-4-3-5-9-13/h3-11,15,17H,1-2H3,(H,20,21)/t15-,17+/m1/s1. The van der Waals surface area contributed by atoms with Crippen molar-refractivity contribution in [3.8, 4) is 11.8 Å². The number of methoxy groups -OCH3 is 2. The van der Waals surface area contributed by atoms with Crippen LogP contribution < -0.4 is 10.1 Å². The van der Waals surface area contributed by atoms with E-state index in [1.807, 2.05) is 18.2 Å². The van der Waals surface area contributed by atoms with Gasteiger partial charge in [0.15, 0.2) is 6.10 Å². The molecule has 0 aliphatic carbocycles. The van der Waals surface area contributed by atoms with Crippen LogP contribution in [0.5, 0.6) is 5.75 Å². The van der Waals surface area contributed by atoms with Crippen molar-refractivity contribution in [2.75, 3.05) is 14.2 Å². The van der Waals surface area contributed by atoms with Crippen molar-refractivity contribution < 1.29 is 14.3 Å². The quantitative estimate of drug-likeness (QED) is 0.890. The number of carbonyl (C=O) groups is 1. The maximum Gasteiger partial charge on any atom is 0.255 e. The molecule has 0 unspecified atom stereocenters. The topological polar surface area (TPSA) is 71.3 Å². The first-order chi connectivity index (χ1) is 11.2. The Kier molecular flexibility index (Phi) is 5.73. The lowest BCUT2D eigenvalue weighted by Crippen LogP contribution is -2.33. The molecule has 0 radical (unpaired) electrons. The monoisotopic (exact) mass is 310 g/mol. The molecule has 0 aliphatic heterocycles. The van der Waals surface area contributed by atoms with Crippen molar-refractivity contribution in [3.05, 3.63) is 65.7 Å². The maximum absolute atomic E-state index is 12.5. The van der Waals surface area contributed by atoms with Gasteiger partial charge in [0, 0.05) is 12.7 Å². The smallest absolute Gasteiger partial charge is 0.255 e. The molecule has 5 nitrogen and oxygen atoms in total. The number of rotatable bonds is 6. The summed E-state index contributed by atoms with van der Waals surface area (Å²) in [4.78, 5) is 12.5. The van der Waals surface area contributed by atoms with Crippen LogP contribution in [0.3, 0.4) is 0 Å². The number of nitrogens with zero attached hydrogens (tertiary/aromatic N) is 1. The summed E-state index contributed by atoms with van der Waals surface area (Å²) in [5, 5.41) is 12.1. The van der Waals surface area contributed by atoms with Crippen molar-refractivity contribution in [2.24, 2.45) is 0 Å². The molecule has 1 N–H and O–H groups in total. The molecular formula is C18H18N2O3. The molecule has 2 aromatic rings. The molecule has 0 spiro atoms. The van der Waals surface area contributed by atoms with Crippen LogP contribution in [0.2, 0.25) is 0 Å². The van der Waals surface area contributed by atoms with Crippen LogP contribution in [-0.2, 0) is 9.53 Å². The molecule has 0 saturated heterocycles. The van der Waals surface area contributed by atoms with Crippen molar-refractivity contribution in [3.63, 3.8) is 0 Å². The van der Waals surface area contributed by atoms with Gasteiger partial charge in [-0.1, -0.05) is 48.5 Å². The van der Waals surface area contributed by atoms with E-state index in [-0.39, 0.29) is 5.91 Å². The van der Waals surface area contributed by atoms with Gasteiger partial charge in [-0.15, -0.1) is 0 Å². The molecule has 2 atom stereocenters. The zero-order chi connectivity index (χ0) is 16.7. The Bertz CT molecular complexity index is 695. The highest BCUT2D eigenvalue weighted by Gasteiger charge is 2.24. The van der Waals surface area contributed by atoms with E-state index in [0.29, 0.717) is 11.3 Å². The van der Waals surface area contributed by atoms with E-state index in [1.54, 1.807) is 36.4 Å². The summed E-state index contributed by atoms with van der Waals surface area (Å²) in [5.41, 5.74) is 1.33. The molecule has 5 heteroatoms. The number of benzene rings is 2. The first-order valence-electron chi connectivity index (χ1n) is 7.12. The van der Waals surface area contributed by atoms with E-state index in [2.05, 4.69) is 11.4 Å². The van der Waals surface area contributed by atoms with Gasteiger partial charge in [-0.3, -0.25) is 4.79 Å². The van der Waals surface area contributed by atoms with Crippen molar-refractivity contribution in [1.29, 1.82) is 5.26 Å². The highest BCUT2D eigenvalue weighted by Crippen LogP contribution is 2.25. The van der Waals surface area contributed by atoms with Crippen molar-refractivity contribution >= 4 is 5.91 Å². The Balaban J connectivity index is 2.21. The maximum atomic E-state index is 12.5. The molecule has 118 valence electrons.